The van der Waals surface area contributed by atoms with Gasteiger partial charge in [0.2, 0.25) is 0 Å². The highest BCUT2D eigenvalue weighted by Crippen LogP contribution is 2.49. The minimum atomic E-state index is -0.492. The second kappa shape index (κ2) is 8.57. The molecule has 1 fully saturated rings. The van der Waals surface area contributed by atoms with Crippen LogP contribution < -0.4 is 4.90 Å². The first-order valence-electron chi connectivity index (χ1n) is 7.94. The van der Waals surface area contributed by atoms with Crippen LogP contribution in [0.1, 0.15) is 36.8 Å². The molecule has 1 aromatic carbocycles. The lowest BCUT2D eigenvalue weighted by atomic mass is 10.1. The van der Waals surface area contributed by atoms with Gasteiger partial charge in [-0.05, 0) is 18.4 Å². The molecule has 1 aromatic rings. The maximum Gasteiger partial charge on any atom is 0.300 e. The van der Waals surface area contributed by atoms with Crippen LogP contribution in [0.2, 0.25) is 0 Å². The van der Waals surface area contributed by atoms with Crippen molar-refractivity contribution in [3.8, 4) is 0 Å². The quantitative estimate of drug-likeness (QED) is 0.487. The van der Waals surface area contributed by atoms with Gasteiger partial charge in [-0.25, -0.2) is 0 Å². The summed E-state index contributed by atoms with van der Waals surface area (Å²) in [6.45, 7) is 5.03. The number of nitro groups is 2. The Labute approximate surface area is 149 Å². The maximum absolute atomic E-state index is 11.6. The summed E-state index contributed by atoms with van der Waals surface area (Å²) in [5, 5.41) is 23.2. The zero-order valence-electron chi connectivity index (χ0n) is 13.8. The van der Waals surface area contributed by atoms with Gasteiger partial charge in [0.1, 0.15) is 0 Å². The monoisotopic (exact) mass is 371 g/mol. The van der Waals surface area contributed by atoms with Crippen molar-refractivity contribution in [3.05, 3.63) is 37.9 Å². The Kier molecular flexibility index (Phi) is 6.73. The number of rotatable bonds is 8. The van der Waals surface area contributed by atoms with Crippen LogP contribution in [0.5, 0.6) is 0 Å². The van der Waals surface area contributed by atoms with Gasteiger partial charge in [-0.15, -0.1) is 23.5 Å². The summed E-state index contributed by atoms with van der Waals surface area (Å²) < 4.78 is 0.0299. The van der Waals surface area contributed by atoms with Crippen LogP contribution in [0.25, 0.3) is 0 Å². The van der Waals surface area contributed by atoms with Gasteiger partial charge in [0.05, 0.1) is 14.4 Å². The van der Waals surface area contributed by atoms with Gasteiger partial charge >= 0.3 is 0 Å². The molecule has 9 heteroatoms. The molecule has 0 atom stereocenters. The number of anilines is 1. The van der Waals surface area contributed by atoms with Crippen molar-refractivity contribution in [1.82, 2.24) is 0 Å². The van der Waals surface area contributed by atoms with Crippen molar-refractivity contribution in [1.29, 1.82) is 0 Å². The third-order valence-electron chi connectivity index (χ3n) is 3.68. The number of thioether (sulfide) groups is 2. The molecule has 1 aliphatic heterocycles. The van der Waals surface area contributed by atoms with Crippen LogP contribution in [0.4, 0.5) is 17.1 Å². The molecule has 0 saturated carbocycles. The fourth-order valence-corrected chi connectivity index (χ4v) is 5.61. The zero-order chi connectivity index (χ0) is 17.7. The first kappa shape index (κ1) is 18.9. The molecular weight excluding hydrogens is 350 g/mol. The summed E-state index contributed by atoms with van der Waals surface area (Å²) in [7, 11) is 0. The highest BCUT2D eigenvalue weighted by atomic mass is 32.2. The van der Waals surface area contributed by atoms with Crippen molar-refractivity contribution in [2.45, 2.75) is 31.3 Å². The van der Waals surface area contributed by atoms with Crippen molar-refractivity contribution in [3.63, 3.8) is 0 Å². The van der Waals surface area contributed by atoms with E-state index in [0.29, 0.717) is 18.7 Å². The predicted molar refractivity (Wildman–Crippen MR) is 100 cm³/mol. The van der Waals surface area contributed by atoms with Crippen LogP contribution in [-0.4, -0.2) is 34.4 Å². The standard InChI is InChI=1S/C15H21N3O4S2/c1-3-5-16(6-4-2)14-12(17(19)20)9-11(10-13(14)18(21)22)15-23-7-8-24-15/h9-10,15H,3-8H2,1-2H3. The van der Waals surface area contributed by atoms with Gasteiger partial charge in [-0.1, -0.05) is 13.8 Å². The average Bonchev–Trinajstić information content (AvgIpc) is 3.07. The molecule has 2 rings (SSSR count). The fourth-order valence-electron chi connectivity index (χ4n) is 2.79. The van der Waals surface area contributed by atoms with Crippen molar-refractivity contribution < 1.29 is 9.85 Å². The van der Waals surface area contributed by atoms with Crippen LogP contribution in [0, 0.1) is 20.2 Å². The first-order valence-corrected chi connectivity index (χ1v) is 10.0. The minimum absolute atomic E-state index is 0.0299. The van der Waals surface area contributed by atoms with E-state index in [4.69, 9.17) is 0 Å². The second-order valence-electron chi connectivity index (χ2n) is 5.48. The first-order chi connectivity index (χ1) is 11.5. The van der Waals surface area contributed by atoms with Crippen LogP contribution in [0.15, 0.2) is 12.1 Å². The van der Waals surface area contributed by atoms with Crippen molar-refractivity contribution >= 4 is 40.6 Å². The van der Waals surface area contributed by atoms with E-state index < -0.39 is 9.85 Å². The molecular formula is C15H21N3O4S2. The summed E-state index contributed by atoms with van der Waals surface area (Å²) >= 11 is 3.35. The van der Waals surface area contributed by atoms with Gasteiger partial charge < -0.3 is 4.90 Å². The average molecular weight is 371 g/mol. The van der Waals surface area contributed by atoms with E-state index in [-0.39, 0.29) is 21.6 Å². The third kappa shape index (κ3) is 4.13. The number of nitro benzene ring substituents is 2. The highest BCUT2D eigenvalue weighted by Gasteiger charge is 2.33. The van der Waals surface area contributed by atoms with Crippen LogP contribution in [-0.2, 0) is 0 Å². The molecule has 1 saturated heterocycles. The Hall–Kier alpha value is -1.48. The van der Waals surface area contributed by atoms with Gasteiger partial charge in [-0.3, -0.25) is 20.2 Å². The lowest BCUT2D eigenvalue weighted by molar-refractivity contribution is -0.392. The Morgan fingerprint density at radius 3 is 1.88 bits per heavy atom. The maximum atomic E-state index is 11.6. The summed E-state index contributed by atoms with van der Waals surface area (Å²) in [4.78, 5) is 24.0. The van der Waals surface area contributed by atoms with Crippen LogP contribution >= 0.6 is 23.5 Å². The van der Waals surface area contributed by atoms with E-state index in [9.17, 15) is 20.2 Å². The molecule has 132 valence electrons. The molecule has 0 aromatic heterocycles. The molecule has 0 bridgehead atoms. The number of hydrogen-bond acceptors (Lipinski definition) is 7. The summed E-state index contributed by atoms with van der Waals surface area (Å²) in [5.74, 6) is 1.91. The fraction of sp³-hybridized carbons (Fsp3) is 0.600. The highest BCUT2D eigenvalue weighted by molar-refractivity contribution is 8.19. The third-order valence-corrected chi connectivity index (χ3v) is 6.79. The molecule has 0 amide bonds. The van der Waals surface area contributed by atoms with E-state index in [1.54, 1.807) is 28.4 Å². The number of hydrogen-bond donors (Lipinski definition) is 0. The molecule has 0 unspecified atom stereocenters. The summed E-state index contributed by atoms with van der Waals surface area (Å²) in [6, 6.07) is 3.05. The zero-order valence-corrected chi connectivity index (χ0v) is 15.4. The molecule has 0 N–H and O–H groups in total. The largest absolute Gasteiger partial charge is 0.360 e. The normalized spacial score (nSPS) is 14.8. The van der Waals surface area contributed by atoms with E-state index in [0.717, 1.165) is 24.3 Å². The molecule has 1 aliphatic rings. The van der Waals surface area contributed by atoms with E-state index in [1.807, 2.05) is 13.8 Å². The second-order valence-corrected chi connectivity index (χ2v) is 8.21. The SMILES string of the molecule is CCCN(CCC)c1c([N+](=O)[O-])cc(C2SCCS2)cc1[N+](=O)[O-]. The molecule has 1 heterocycles. The summed E-state index contributed by atoms with van der Waals surface area (Å²) in [5.41, 5.74) is 0.492. The Bertz CT molecular complexity index is 580. The molecule has 0 radical (unpaired) electrons. The van der Waals surface area contributed by atoms with Crippen molar-refractivity contribution in [2.24, 2.45) is 0 Å². The molecule has 0 aliphatic carbocycles. The van der Waals surface area contributed by atoms with E-state index in [1.165, 1.54) is 12.1 Å². The molecule has 7 nitrogen and oxygen atoms in total. The molecule has 24 heavy (non-hydrogen) atoms. The Morgan fingerprint density at radius 1 is 1.04 bits per heavy atom. The van der Waals surface area contributed by atoms with E-state index in [2.05, 4.69) is 0 Å². The number of benzene rings is 1. The molecule has 0 spiro atoms. The Balaban J connectivity index is 2.61. The topological polar surface area (TPSA) is 89.5 Å². The predicted octanol–water partition coefficient (Wildman–Crippen LogP) is 4.61. The Morgan fingerprint density at radius 2 is 1.50 bits per heavy atom. The smallest absolute Gasteiger partial charge is 0.300 e. The lowest BCUT2D eigenvalue weighted by Gasteiger charge is -2.24. The van der Waals surface area contributed by atoms with E-state index >= 15 is 0 Å². The van der Waals surface area contributed by atoms with Gasteiger partial charge in [0.15, 0.2) is 5.69 Å². The van der Waals surface area contributed by atoms with Gasteiger partial charge in [0, 0.05) is 36.7 Å². The van der Waals surface area contributed by atoms with Gasteiger partial charge in [-0.2, -0.15) is 0 Å². The number of nitrogens with zero attached hydrogens (tertiary/aromatic N) is 3. The van der Waals surface area contributed by atoms with Crippen LogP contribution in [0.3, 0.4) is 0 Å². The lowest BCUT2D eigenvalue weighted by Crippen LogP contribution is -2.26. The minimum Gasteiger partial charge on any atom is -0.360 e. The summed E-state index contributed by atoms with van der Waals surface area (Å²) in [6.07, 6.45) is 1.54. The van der Waals surface area contributed by atoms with Crippen molar-refractivity contribution in [2.75, 3.05) is 29.5 Å². The van der Waals surface area contributed by atoms with Gasteiger partial charge in [0.25, 0.3) is 11.4 Å².